The molecule has 6 heteroatoms. The van der Waals surface area contributed by atoms with Crippen LogP contribution in [0, 0.1) is 5.82 Å². The zero-order valence-corrected chi connectivity index (χ0v) is 13.9. The summed E-state index contributed by atoms with van der Waals surface area (Å²) in [7, 11) is 1.74. The third-order valence-corrected chi connectivity index (χ3v) is 5.59. The molecule has 1 saturated heterocycles. The van der Waals surface area contributed by atoms with Crippen molar-refractivity contribution in [1.29, 1.82) is 0 Å². The number of aromatic nitrogens is 2. The molecule has 1 aliphatic rings. The molecule has 0 unspecified atom stereocenters. The summed E-state index contributed by atoms with van der Waals surface area (Å²) in [6.45, 7) is 1.64. The lowest BCUT2D eigenvalue weighted by Crippen LogP contribution is -2.39. The lowest BCUT2D eigenvalue weighted by Gasteiger charge is -2.32. The van der Waals surface area contributed by atoms with Crippen molar-refractivity contribution in [2.45, 2.75) is 23.8 Å². The third-order valence-electron chi connectivity index (χ3n) is 4.17. The summed E-state index contributed by atoms with van der Waals surface area (Å²) < 4.78 is 15.2. The number of hydrogen-bond acceptors (Lipinski definition) is 4. The quantitative estimate of drug-likeness (QED) is 0.862. The van der Waals surface area contributed by atoms with Crippen LogP contribution in [0.15, 0.2) is 41.5 Å². The van der Waals surface area contributed by atoms with Crippen molar-refractivity contribution in [3.05, 3.63) is 58.4 Å². The first kappa shape index (κ1) is 16.1. The van der Waals surface area contributed by atoms with E-state index in [4.69, 9.17) is 0 Å². The summed E-state index contributed by atoms with van der Waals surface area (Å²) in [5.74, 6) is 1.10. The summed E-state index contributed by atoms with van der Waals surface area (Å²) in [6, 6.07) is 6.94. The molecule has 122 valence electrons. The van der Waals surface area contributed by atoms with Gasteiger partial charge in [0.2, 0.25) is 0 Å². The zero-order chi connectivity index (χ0) is 16.2. The molecule has 23 heavy (non-hydrogen) atoms. The SMILES string of the molecule is Cn1ccnc(N2CCC(SCc3ccccc3F)CC2)c1=O. The van der Waals surface area contributed by atoms with E-state index in [1.165, 1.54) is 6.07 Å². The number of rotatable bonds is 4. The zero-order valence-electron chi connectivity index (χ0n) is 13.1. The Hall–Kier alpha value is -1.82. The number of nitrogens with zero attached hydrogens (tertiary/aromatic N) is 3. The molecule has 0 amide bonds. The van der Waals surface area contributed by atoms with E-state index in [0.29, 0.717) is 16.8 Å². The van der Waals surface area contributed by atoms with Gasteiger partial charge >= 0.3 is 0 Å². The Morgan fingerprint density at radius 1 is 1.30 bits per heavy atom. The first-order valence-electron chi connectivity index (χ1n) is 7.77. The first-order valence-corrected chi connectivity index (χ1v) is 8.81. The van der Waals surface area contributed by atoms with Gasteiger partial charge in [0.15, 0.2) is 5.82 Å². The van der Waals surface area contributed by atoms with Crippen LogP contribution in [0.5, 0.6) is 0 Å². The second kappa shape index (κ2) is 7.17. The van der Waals surface area contributed by atoms with Gasteiger partial charge in [0.1, 0.15) is 5.82 Å². The Bertz CT molecular complexity index is 726. The number of anilines is 1. The monoisotopic (exact) mass is 333 g/mol. The van der Waals surface area contributed by atoms with Crippen molar-refractivity contribution in [2.24, 2.45) is 7.05 Å². The smallest absolute Gasteiger partial charge is 0.293 e. The molecule has 4 nitrogen and oxygen atoms in total. The fraction of sp³-hybridized carbons (Fsp3) is 0.412. The molecule has 0 N–H and O–H groups in total. The summed E-state index contributed by atoms with van der Waals surface area (Å²) in [5.41, 5.74) is 0.712. The fourth-order valence-electron chi connectivity index (χ4n) is 2.76. The molecule has 1 fully saturated rings. The van der Waals surface area contributed by atoms with Gasteiger partial charge in [0.05, 0.1) is 0 Å². The van der Waals surface area contributed by atoms with Crippen molar-refractivity contribution in [3.8, 4) is 0 Å². The minimum atomic E-state index is -0.130. The Morgan fingerprint density at radius 3 is 2.78 bits per heavy atom. The predicted molar refractivity (Wildman–Crippen MR) is 92.4 cm³/mol. The lowest BCUT2D eigenvalue weighted by molar-refractivity contribution is 0.580. The van der Waals surface area contributed by atoms with E-state index in [1.54, 1.807) is 41.8 Å². The molecule has 1 aliphatic heterocycles. The Kier molecular flexibility index (Phi) is 5.00. The summed E-state index contributed by atoms with van der Waals surface area (Å²) >= 11 is 1.80. The highest BCUT2D eigenvalue weighted by molar-refractivity contribution is 7.99. The summed E-state index contributed by atoms with van der Waals surface area (Å²) in [4.78, 5) is 18.4. The molecule has 0 saturated carbocycles. The molecule has 2 heterocycles. The average Bonchev–Trinajstić information content (AvgIpc) is 2.57. The molecule has 0 radical (unpaired) electrons. The second-order valence-electron chi connectivity index (χ2n) is 5.76. The Balaban J connectivity index is 1.55. The van der Waals surface area contributed by atoms with Gasteiger partial charge in [-0.05, 0) is 24.5 Å². The van der Waals surface area contributed by atoms with Gasteiger partial charge in [-0.25, -0.2) is 9.37 Å². The van der Waals surface area contributed by atoms with Crippen LogP contribution in [0.1, 0.15) is 18.4 Å². The highest BCUT2D eigenvalue weighted by atomic mass is 32.2. The summed E-state index contributed by atoms with van der Waals surface area (Å²) in [6.07, 6.45) is 5.30. The second-order valence-corrected chi connectivity index (χ2v) is 7.04. The van der Waals surface area contributed by atoms with Gasteiger partial charge < -0.3 is 9.47 Å². The number of halogens is 1. The van der Waals surface area contributed by atoms with E-state index in [-0.39, 0.29) is 11.4 Å². The number of benzene rings is 1. The number of thioether (sulfide) groups is 1. The molecule has 0 bridgehead atoms. The van der Waals surface area contributed by atoms with Crippen molar-refractivity contribution in [2.75, 3.05) is 18.0 Å². The first-order chi connectivity index (χ1) is 11.1. The van der Waals surface area contributed by atoms with Crippen molar-refractivity contribution >= 4 is 17.6 Å². The fourth-order valence-corrected chi connectivity index (χ4v) is 3.95. The maximum Gasteiger partial charge on any atom is 0.293 e. The molecule has 0 spiro atoms. The molecule has 1 aromatic heterocycles. The number of hydrogen-bond donors (Lipinski definition) is 0. The van der Waals surface area contributed by atoms with E-state index < -0.39 is 0 Å². The molecule has 2 aromatic rings. The van der Waals surface area contributed by atoms with Crippen molar-refractivity contribution in [1.82, 2.24) is 9.55 Å². The van der Waals surface area contributed by atoms with Crippen LogP contribution in [0.25, 0.3) is 0 Å². The van der Waals surface area contributed by atoms with Crippen LogP contribution < -0.4 is 10.5 Å². The summed E-state index contributed by atoms with van der Waals surface area (Å²) in [5, 5.41) is 0.499. The number of piperidine rings is 1. The van der Waals surface area contributed by atoms with E-state index in [2.05, 4.69) is 9.88 Å². The molecule has 1 aromatic carbocycles. The van der Waals surface area contributed by atoms with E-state index >= 15 is 0 Å². The van der Waals surface area contributed by atoms with Crippen LogP contribution in [-0.4, -0.2) is 27.9 Å². The van der Waals surface area contributed by atoms with Gasteiger partial charge in [0, 0.05) is 43.5 Å². The third kappa shape index (κ3) is 3.75. The van der Waals surface area contributed by atoms with Gasteiger partial charge in [-0.3, -0.25) is 4.79 Å². The highest BCUT2D eigenvalue weighted by Crippen LogP contribution is 2.28. The average molecular weight is 333 g/mol. The van der Waals surface area contributed by atoms with Crippen LogP contribution in [-0.2, 0) is 12.8 Å². The largest absolute Gasteiger partial charge is 0.352 e. The van der Waals surface area contributed by atoms with Gasteiger partial charge in [-0.2, -0.15) is 11.8 Å². The standard InChI is InChI=1S/C17H20FN3OS/c1-20-11-8-19-16(17(20)22)21-9-6-14(7-10-21)23-12-13-4-2-3-5-15(13)18/h2-5,8,11,14H,6-7,9-10,12H2,1H3. The van der Waals surface area contributed by atoms with Crippen LogP contribution in [0.3, 0.4) is 0 Å². The van der Waals surface area contributed by atoms with Crippen molar-refractivity contribution in [3.63, 3.8) is 0 Å². The normalized spacial score (nSPS) is 15.8. The van der Waals surface area contributed by atoms with Crippen LogP contribution >= 0.6 is 11.8 Å². The predicted octanol–water partition coefficient (Wildman–Crippen LogP) is 2.82. The van der Waals surface area contributed by atoms with Crippen molar-refractivity contribution < 1.29 is 4.39 Å². The van der Waals surface area contributed by atoms with E-state index in [0.717, 1.165) is 31.5 Å². The van der Waals surface area contributed by atoms with E-state index in [1.807, 2.05) is 12.1 Å². The molecule has 0 atom stereocenters. The van der Waals surface area contributed by atoms with Gasteiger partial charge in [0.25, 0.3) is 5.56 Å². The van der Waals surface area contributed by atoms with Gasteiger partial charge in [-0.15, -0.1) is 0 Å². The maximum atomic E-state index is 13.6. The molecule has 0 aliphatic carbocycles. The molecular weight excluding hydrogens is 313 g/mol. The highest BCUT2D eigenvalue weighted by Gasteiger charge is 2.22. The maximum absolute atomic E-state index is 13.6. The minimum Gasteiger partial charge on any atom is -0.352 e. The lowest BCUT2D eigenvalue weighted by atomic mass is 10.1. The Morgan fingerprint density at radius 2 is 2.04 bits per heavy atom. The van der Waals surface area contributed by atoms with Crippen LogP contribution in [0.4, 0.5) is 10.2 Å². The van der Waals surface area contributed by atoms with Gasteiger partial charge in [-0.1, -0.05) is 18.2 Å². The topological polar surface area (TPSA) is 38.1 Å². The minimum absolute atomic E-state index is 0.0510. The molecular formula is C17H20FN3OS. The van der Waals surface area contributed by atoms with E-state index in [9.17, 15) is 9.18 Å². The number of aryl methyl sites for hydroxylation is 1. The Labute approximate surface area is 139 Å². The van der Waals surface area contributed by atoms with Crippen LogP contribution in [0.2, 0.25) is 0 Å². The molecule has 3 rings (SSSR count).